The number of hydrogen-bond donors (Lipinski definition) is 0. The fourth-order valence-corrected chi connectivity index (χ4v) is 2.00. The zero-order valence-corrected chi connectivity index (χ0v) is 12.1. The molecule has 0 saturated heterocycles. The molecule has 0 aliphatic rings. The molecule has 0 aromatic carbocycles. The summed E-state index contributed by atoms with van der Waals surface area (Å²) in [6.07, 6.45) is 0.907. The van der Waals surface area contributed by atoms with Gasteiger partial charge in [0.05, 0.1) is 33.0 Å². The number of aromatic nitrogens is 2. The first-order valence-electron chi connectivity index (χ1n) is 6.18. The van der Waals surface area contributed by atoms with Crippen LogP contribution in [-0.2, 0) is 19.1 Å². The van der Waals surface area contributed by atoms with E-state index in [4.69, 9.17) is 4.74 Å². The molecule has 0 atom stereocenters. The molecule has 0 aliphatic heterocycles. The van der Waals surface area contributed by atoms with Gasteiger partial charge in [0.2, 0.25) is 5.88 Å². The van der Waals surface area contributed by atoms with E-state index in [2.05, 4.69) is 19.4 Å². The van der Waals surface area contributed by atoms with Gasteiger partial charge in [-0.05, 0) is 6.07 Å². The van der Waals surface area contributed by atoms with E-state index in [0.29, 0.717) is 5.52 Å². The number of rotatable bonds is 4. The highest BCUT2D eigenvalue weighted by Gasteiger charge is 2.35. The van der Waals surface area contributed by atoms with Crippen molar-refractivity contribution < 1.29 is 28.2 Å². The Hall–Kier alpha value is -2.77. The van der Waals surface area contributed by atoms with E-state index in [9.17, 15) is 14.0 Å². The summed E-state index contributed by atoms with van der Waals surface area (Å²) in [5.74, 6) is -4.19. The van der Waals surface area contributed by atoms with Crippen LogP contribution in [0.2, 0.25) is 0 Å². The van der Waals surface area contributed by atoms with Gasteiger partial charge in [-0.25, -0.2) is 9.37 Å². The van der Waals surface area contributed by atoms with E-state index >= 15 is 0 Å². The number of nitrogens with zero attached hydrogens (tertiary/aromatic N) is 2. The summed E-state index contributed by atoms with van der Waals surface area (Å²) in [4.78, 5) is 31.7. The lowest BCUT2D eigenvalue weighted by Crippen LogP contribution is -2.26. The molecule has 8 heteroatoms. The number of ether oxygens (including phenoxy) is 3. The molecule has 0 saturated carbocycles. The Kier molecular flexibility index (Phi) is 4.50. The van der Waals surface area contributed by atoms with Crippen molar-refractivity contribution in [2.75, 3.05) is 21.3 Å². The molecule has 0 bridgehead atoms. The number of hydrogen-bond acceptors (Lipinski definition) is 7. The summed E-state index contributed by atoms with van der Waals surface area (Å²) in [7, 11) is 3.57. The van der Waals surface area contributed by atoms with Gasteiger partial charge in [-0.15, -0.1) is 0 Å². The van der Waals surface area contributed by atoms with Gasteiger partial charge >= 0.3 is 11.9 Å². The first kappa shape index (κ1) is 15.6. The highest BCUT2D eigenvalue weighted by atomic mass is 19.1. The number of pyridine rings is 2. The monoisotopic (exact) mass is 308 g/mol. The Morgan fingerprint density at radius 2 is 1.77 bits per heavy atom. The molecule has 0 N–H and O–H groups in total. The van der Waals surface area contributed by atoms with Crippen LogP contribution in [0.4, 0.5) is 4.39 Å². The molecule has 0 amide bonds. The highest BCUT2D eigenvalue weighted by molar-refractivity contribution is 6.03. The van der Waals surface area contributed by atoms with Crippen LogP contribution < -0.4 is 4.74 Å². The van der Waals surface area contributed by atoms with Crippen LogP contribution in [0.3, 0.4) is 0 Å². The zero-order valence-electron chi connectivity index (χ0n) is 12.1. The van der Waals surface area contributed by atoms with E-state index in [1.165, 1.54) is 19.2 Å². The summed E-state index contributed by atoms with van der Waals surface area (Å²) in [6.45, 7) is 0. The minimum atomic E-state index is -1.60. The second-order valence-electron chi connectivity index (χ2n) is 4.22. The van der Waals surface area contributed by atoms with Crippen LogP contribution in [0.5, 0.6) is 5.88 Å². The summed E-state index contributed by atoms with van der Waals surface area (Å²) >= 11 is 0. The molecule has 2 heterocycles. The smallest absolute Gasteiger partial charge is 0.324 e. The lowest BCUT2D eigenvalue weighted by Gasteiger charge is -2.15. The van der Waals surface area contributed by atoms with Crippen molar-refractivity contribution in [3.05, 3.63) is 29.7 Å². The molecule has 0 unspecified atom stereocenters. The third-order valence-electron chi connectivity index (χ3n) is 3.05. The molecule has 0 aliphatic carbocycles. The number of fused-ring (bicyclic) bond motifs is 1. The second-order valence-corrected chi connectivity index (χ2v) is 4.22. The number of carbonyl (C=O) groups is 2. The molecule has 0 spiro atoms. The SMILES string of the molecule is COC(=O)C(C(=O)OC)c1c(F)cnc2ccc(OC)nc12. The summed E-state index contributed by atoms with van der Waals surface area (Å²) in [5.41, 5.74) is 0.0674. The third-order valence-corrected chi connectivity index (χ3v) is 3.05. The van der Waals surface area contributed by atoms with Gasteiger partial charge in [0, 0.05) is 11.6 Å². The van der Waals surface area contributed by atoms with Gasteiger partial charge in [-0.2, -0.15) is 0 Å². The van der Waals surface area contributed by atoms with E-state index in [0.717, 1.165) is 20.4 Å². The fraction of sp³-hybridized carbons (Fsp3) is 0.286. The average molecular weight is 308 g/mol. The lowest BCUT2D eigenvalue weighted by molar-refractivity contribution is -0.154. The van der Waals surface area contributed by atoms with Crippen LogP contribution in [0.25, 0.3) is 11.0 Å². The van der Waals surface area contributed by atoms with E-state index in [1.807, 2.05) is 0 Å². The predicted molar refractivity (Wildman–Crippen MR) is 72.8 cm³/mol. The van der Waals surface area contributed by atoms with Crippen LogP contribution in [-0.4, -0.2) is 43.2 Å². The molecule has 22 heavy (non-hydrogen) atoms. The molecule has 116 valence electrons. The molecular formula is C14H13FN2O5. The predicted octanol–water partition coefficient (Wildman–Crippen LogP) is 1.21. The summed E-state index contributed by atoms with van der Waals surface area (Å²) in [5, 5.41) is 0. The van der Waals surface area contributed by atoms with Crippen LogP contribution in [0.1, 0.15) is 11.5 Å². The van der Waals surface area contributed by atoms with Crippen molar-refractivity contribution in [1.82, 2.24) is 9.97 Å². The van der Waals surface area contributed by atoms with Crippen LogP contribution in [0, 0.1) is 5.82 Å². The Balaban J connectivity index is 2.77. The Labute approximate surface area is 125 Å². The lowest BCUT2D eigenvalue weighted by atomic mass is 9.97. The average Bonchev–Trinajstić information content (AvgIpc) is 2.55. The van der Waals surface area contributed by atoms with Gasteiger partial charge in [0.15, 0.2) is 5.92 Å². The van der Waals surface area contributed by atoms with Crippen molar-refractivity contribution in [1.29, 1.82) is 0 Å². The molecule has 7 nitrogen and oxygen atoms in total. The van der Waals surface area contributed by atoms with Crippen LogP contribution >= 0.6 is 0 Å². The molecule has 2 aromatic rings. The molecule has 0 fully saturated rings. The number of methoxy groups -OCH3 is 3. The molecule has 2 aromatic heterocycles. The van der Waals surface area contributed by atoms with Crippen molar-refractivity contribution >= 4 is 23.0 Å². The normalized spacial score (nSPS) is 10.6. The van der Waals surface area contributed by atoms with Crippen molar-refractivity contribution in [3.8, 4) is 5.88 Å². The first-order valence-corrected chi connectivity index (χ1v) is 6.18. The number of halogens is 1. The van der Waals surface area contributed by atoms with Gasteiger partial charge in [-0.3, -0.25) is 14.6 Å². The highest BCUT2D eigenvalue weighted by Crippen LogP contribution is 2.29. The fourth-order valence-electron chi connectivity index (χ4n) is 2.00. The summed E-state index contributed by atoms with van der Waals surface area (Å²) in [6, 6.07) is 3.07. The Bertz CT molecular complexity index is 718. The summed E-state index contributed by atoms with van der Waals surface area (Å²) < 4.78 is 28.3. The van der Waals surface area contributed by atoms with Gasteiger partial charge in [-0.1, -0.05) is 0 Å². The Morgan fingerprint density at radius 3 is 2.32 bits per heavy atom. The third kappa shape index (κ3) is 2.67. The largest absolute Gasteiger partial charge is 0.481 e. The van der Waals surface area contributed by atoms with Crippen molar-refractivity contribution in [2.45, 2.75) is 5.92 Å². The topological polar surface area (TPSA) is 87.6 Å². The zero-order chi connectivity index (χ0) is 16.3. The quantitative estimate of drug-likeness (QED) is 0.619. The maximum atomic E-state index is 14.2. The van der Waals surface area contributed by atoms with E-state index in [-0.39, 0.29) is 17.0 Å². The Morgan fingerprint density at radius 1 is 1.14 bits per heavy atom. The molecular weight excluding hydrogens is 295 g/mol. The second kappa shape index (κ2) is 6.33. The molecule has 2 rings (SSSR count). The van der Waals surface area contributed by atoms with Crippen molar-refractivity contribution in [3.63, 3.8) is 0 Å². The van der Waals surface area contributed by atoms with Crippen LogP contribution in [0.15, 0.2) is 18.3 Å². The minimum absolute atomic E-state index is 0.0279. The van der Waals surface area contributed by atoms with E-state index in [1.54, 1.807) is 0 Å². The van der Waals surface area contributed by atoms with E-state index < -0.39 is 23.7 Å². The number of esters is 2. The van der Waals surface area contributed by atoms with Gasteiger partial charge in [0.25, 0.3) is 0 Å². The number of carbonyl (C=O) groups excluding carboxylic acids is 2. The standard InChI is InChI=1S/C14H13FN2O5/c1-20-9-5-4-8-12(17-9)10(7(15)6-16-8)11(13(18)21-2)14(19)22-3/h4-6,11H,1-3H3. The van der Waals surface area contributed by atoms with Crippen molar-refractivity contribution in [2.24, 2.45) is 0 Å². The molecule has 0 radical (unpaired) electrons. The maximum Gasteiger partial charge on any atom is 0.324 e. The minimum Gasteiger partial charge on any atom is -0.481 e. The first-order chi connectivity index (χ1) is 10.5. The maximum absolute atomic E-state index is 14.2. The van der Waals surface area contributed by atoms with Gasteiger partial charge < -0.3 is 14.2 Å². The van der Waals surface area contributed by atoms with Gasteiger partial charge in [0.1, 0.15) is 11.3 Å².